The summed E-state index contributed by atoms with van der Waals surface area (Å²) in [6.45, 7) is 4.74. The first-order chi connectivity index (χ1) is 14.0. The smallest absolute Gasteiger partial charge is 0.274 e. The zero-order valence-electron chi connectivity index (χ0n) is 16.7. The van der Waals surface area contributed by atoms with Crippen LogP contribution in [-0.2, 0) is 13.0 Å². The molecule has 3 rings (SSSR count). The van der Waals surface area contributed by atoms with Crippen LogP contribution < -0.4 is 5.48 Å². The van der Waals surface area contributed by atoms with E-state index in [9.17, 15) is 9.59 Å². The van der Waals surface area contributed by atoms with Gasteiger partial charge in [-0.05, 0) is 42.7 Å². The SMILES string of the molecule is CCCC(=O)c1c(CCC)n(Cc2ccc(C(=O)NO)cc2)c2cccc(Br)c12. The minimum Gasteiger partial charge on any atom is -0.339 e. The summed E-state index contributed by atoms with van der Waals surface area (Å²) in [6.07, 6.45) is 3.10. The summed E-state index contributed by atoms with van der Waals surface area (Å²) < 4.78 is 3.15. The van der Waals surface area contributed by atoms with Gasteiger partial charge in [-0.25, -0.2) is 5.48 Å². The van der Waals surface area contributed by atoms with E-state index in [0.29, 0.717) is 18.5 Å². The second-order valence-corrected chi connectivity index (χ2v) is 7.96. The number of fused-ring (bicyclic) bond motifs is 1. The Balaban J connectivity index is 2.13. The minimum absolute atomic E-state index is 0.182. The highest BCUT2D eigenvalue weighted by Crippen LogP contribution is 2.34. The number of hydrogen-bond acceptors (Lipinski definition) is 3. The molecule has 0 aliphatic carbocycles. The molecule has 1 amide bonds. The number of nitrogens with zero attached hydrogens (tertiary/aromatic N) is 1. The van der Waals surface area contributed by atoms with E-state index in [2.05, 4.69) is 33.5 Å². The van der Waals surface area contributed by atoms with Gasteiger partial charge in [-0.3, -0.25) is 14.8 Å². The lowest BCUT2D eigenvalue weighted by Gasteiger charge is -2.12. The summed E-state index contributed by atoms with van der Waals surface area (Å²) in [5.74, 6) is -0.354. The summed E-state index contributed by atoms with van der Waals surface area (Å²) in [7, 11) is 0. The molecule has 1 aromatic heterocycles. The minimum atomic E-state index is -0.536. The summed E-state index contributed by atoms with van der Waals surface area (Å²) in [5.41, 5.74) is 5.97. The molecule has 3 aromatic rings. The third-order valence-electron chi connectivity index (χ3n) is 5.05. The predicted molar refractivity (Wildman–Crippen MR) is 118 cm³/mol. The maximum atomic E-state index is 13.0. The second-order valence-electron chi connectivity index (χ2n) is 7.10. The number of hydrogen-bond donors (Lipinski definition) is 2. The Morgan fingerprint density at radius 2 is 1.79 bits per heavy atom. The molecule has 0 radical (unpaired) electrons. The molecule has 0 spiro atoms. The van der Waals surface area contributed by atoms with Crippen molar-refractivity contribution in [1.82, 2.24) is 10.0 Å². The molecule has 5 nitrogen and oxygen atoms in total. The van der Waals surface area contributed by atoms with Crippen molar-refractivity contribution in [2.75, 3.05) is 0 Å². The zero-order chi connectivity index (χ0) is 21.0. The van der Waals surface area contributed by atoms with Crippen molar-refractivity contribution in [3.63, 3.8) is 0 Å². The lowest BCUT2D eigenvalue weighted by Crippen LogP contribution is -2.18. The van der Waals surface area contributed by atoms with Crippen LogP contribution in [0.25, 0.3) is 10.9 Å². The van der Waals surface area contributed by atoms with Crippen LogP contribution in [0.15, 0.2) is 46.9 Å². The predicted octanol–water partition coefficient (Wildman–Crippen LogP) is 5.51. The van der Waals surface area contributed by atoms with E-state index in [-0.39, 0.29) is 5.78 Å². The number of Topliss-reactive ketones (excluding diaryl/α,β-unsaturated/α-hetero) is 1. The topological polar surface area (TPSA) is 71.3 Å². The van der Waals surface area contributed by atoms with E-state index < -0.39 is 5.91 Å². The van der Waals surface area contributed by atoms with Gasteiger partial charge in [0.25, 0.3) is 5.91 Å². The van der Waals surface area contributed by atoms with Crippen molar-refractivity contribution in [3.05, 3.63) is 69.3 Å². The fraction of sp³-hybridized carbons (Fsp3) is 0.304. The number of rotatable bonds is 8. The monoisotopic (exact) mass is 456 g/mol. The second kappa shape index (κ2) is 9.37. The molecule has 152 valence electrons. The van der Waals surface area contributed by atoms with Crippen LogP contribution in [-0.4, -0.2) is 21.5 Å². The molecule has 0 bridgehead atoms. The Morgan fingerprint density at radius 1 is 1.07 bits per heavy atom. The first-order valence-corrected chi connectivity index (χ1v) is 10.7. The van der Waals surface area contributed by atoms with E-state index >= 15 is 0 Å². The fourth-order valence-electron chi connectivity index (χ4n) is 3.75. The molecule has 1 heterocycles. The molecule has 0 fully saturated rings. The molecule has 0 aliphatic rings. The number of nitrogens with one attached hydrogen (secondary N) is 1. The molecule has 0 saturated heterocycles. The molecule has 0 unspecified atom stereocenters. The van der Waals surface area contributed by atoms with Gasteiger partial charge in [0.05, 0.1) is 5.52 Å². The van der Waals surface area contributed by atoms with Crippen LogP contribution in [0.3, 0.4) is 0 Å². The quantitative estimate of drug-likeness (QED) is 0.266. The van der Waals surface area contributed by atoms with Gasteiger partial charge in [0.1, 0.15) is 0 Å². The van der Waals surface area contributed by atoms with Gasteiger partial charge in [-0.15, -0.1) is 0 Å². The summed E-state index contributed by atoms with van der Waals surface area (Å²) in [5, 5.41) is 9.77. The molecule has 2 N–H and O–H groups in total. The molecule has 29 heavy (non-hydrogen) atoms. The van der Waals surface area contributed by atoms with Crippen LogP contribution in [0.4, 0.5) is 0 Å². The van der Waals surface area contributed by atoms with Crippen molar-refractivity contribution in [2.24, 2.45) is 0 Å². The summed E-state index contributed by atoms with van der Waals surface area (Å²) >= 11 is 3.65. The first kappa shape index (κ1) is 21.3. The average molecular weight is 457 g/mol. The standard InChI is InChI=1S/C23H25BrN2O3/c1-3-6-18-22(20(27)7-4-2)21-17(24)8-5-9-19(21)26(18)14-15-10-12-16(13-11-15)23(28)25-29/h5,8-13,29H,3-4,6-7,14H2,1-2H3,(H,25,28). The van der Waals surface area contributed by atoms with E-state index in [4.69, 9.17) is 5.21 Å². The summed E-state index contributed by atoms with van der Waals surface area (Å²) in [6, 6.07) is 13.1. The van der Waals surface area contributed by atoms with Crippen LogP contribution in [0.5, 0.6) is 0 Å². The van der Waals surface area contributed by atoms with Crippen molar-refractivity contribution in [3.8, 4) is 0 Å². The normalized spacial score (nSPS) is 11.0. The number of benzene rings is 2. The molecule has 0 aliphatic heterocycles. The number of hydroxylamine groups is 1. The maximum Gasteiger partial charge on any atom is 0.274 e. The van der Waals surface area contributed by atoms with Gasteiger partial charge in [0.2, 0.25) is 0 Å². The highest BCUT2D eigenvalue weighted by Gasteiger charge is 2.23. The van der Waals surface area contributed by atoms with Crippen LogP contribution in [0.1, 0.15) is 65.1 Å². The zero-order valence-corrected chi connectivity index (χ0v) is 18.3. The van der Waals surface area contributed by atoms with Crippen LogP contribution in [0, 0.1) is 0 Å². The van der Waals surface area contributed by atoms with Crippen molar-refractivity contribution >= 4 is 38.5 Å². The average Bonchev–Trinajstić information content (AvgIpc) is 3.03. The molecule has 0 saturated carbocycles. The van der Waals surface area contributed by atoms with Gasteiger partial charge in [0.15, 0.2) is 5.78 Å². The van der Waals surface area contributed by atoms with Gasteiger partial charge in [-0.2, -0.15) is 0 Å². The van der Waals surface area contributed by atoms with Crippen LogP contribution >= 0.6 is 15.9 Å². The van der Waals surface area contributed by atoms with Gasteiger partial charge >= 0.3 is 0 Å². The number of carbonyl (C=O) groups is 2. The Labute approximate surface area is 178 Å². The molecule has 2 aromatic carbocycles. The van der Waals surface area contributed by atoms with E-state index in [1.165, 1.54) is 0 Å². The third kappa shape index (κ3) is 4.28. The molecular weight excluding hydrogens is 432 g/mol. The number of halogens is 1. The Kier molecular flexibility index (Phi) is 6.87. The Morgan fingerprint density at radius 3 is 2.41 bits per heavy atom. The first-order valence-electron chi connectivity index (χ1n) is 9.87. The van der Waals surface area contributed by atoms with E-state index in [0.717, 1.165) is 51.5 Å². The number of amides is 1. The maximum absolute atomic E-state index is 13.0. The van der Waals surface area contributed by atoms with Crippen molar-refractivity contribution in [1.29, 1.82) is 0 Å². The van der Waals surface area contributed by atoms with Gasteiger partial charge < -0.3 is 4.57 Å². The van der Waals surface area contributed by atoms with E-state index in [1.54, 1.807) is 17.6 Å². The Bertz CT molecular complexity index is 1040. The largest absolute Gasteiger partial charge is 0.339 e. The van der Waals surface area contributed by atoms with Gasteiger partial charge in [0, 0.05) is 39.6 Å². The summed E-state index contributed by atoms with van der Waals surface area (Å²) in [4.78, 5) is 24.6. The molecule has 0 atom stereocenters. The van der Waals surface area contributed by atoms with Gasteiger partial charge in [-0.1, -0.05) is 54.4 Å². The third-order valence-corrected chi connectivity index (χ3v) is 5.71. The highest BCUT2D eigenvalue weighted by molar-refractivity contribution is 9.10. The van der Waals surface area contributed by atoms with Crippen molar-refractivity contribution < 1.29 is 14.8 Å². The number of aromatic nitrogens is 1. The number of carbonyl (C=O) groups excluding carboxylic acids is 2. The highest BCUT2D eigenvalue weighted by atomic mass is 79.9. The molecule has 6 heteroatoms. The van der Waals surface area contributed by atoms with Crippen molar-refractivity contribution in [2.45, 2.75) is 46.1 Å². The van der Waals surface area contributed by atoms with E-state index in [1.807, 2.05) is 31.2 Å². The van der Waals surface area contributed by atoms with Crippen LogP contribution in [0.2, 0.25) is 0 Å². The molecular formula is C23H25BrN2O3. The lowest BCUT2D eigenvalue weighted by atomic mass is 10.0. The Hall–Kier alpha value is -2.44. The number of ketones is 1. The lowest BCUT2D eigenvalue weighted by molar-refractivity contribution is 0.0706. The fourth-order valence-corrected chi connectivity index (χ4v) is 4.30.